The number of carbonyl (C=O) groups excluding carboxylic acids is 1. The second-order valence-corrected chi connectivity index (χ2v) is 6.53. The quantitative estimate of drug-likeness (QED) is 0.910. The maximum atomic E-state index is 12.3. The molecular formula is C16H18ClNO2S. The number of halogens is 1. The third-order valence-electron chi connectivity index (χ3n) is 3.51. The zero-order chi connectivity index (χ0) is 15.4. The number of phenolic OH excluding ortho intramolecular Hbond substituents is 1. The Morgan fingerprint density at radius 1 is 1.43 bits per heavy atom. The molecule has 0 aliphatic rings. The molecule has 2 rings (SSSR count). The minimum atomic E-state index is 0.0200. The zero-order valence-corrected chi connectivity index (χ0v) is 13.6. The van der Waals surface area contributed by atoms with Crippen molar-refractivity contribution in [2.75, 3.05) is 7.05 Å². The van der Waals surface area contributed by atoms with Crippen LogP contribution in [-0.4, -0.2) is 29.0 Å². The third kappa shape index (κ3) is 4.22. The Balaban J connectivity index is 1.98. The van der Waals surface area contributed by atoms with E-state index in [-0.39, 0.29) is 24.1 Å². The summed E-state index contributed by atoms with van der Waals surface area (Å²) in [6, 6.07) is 8.92. The number of hydrogen-bond acceptors (Lipinski definition) is 3. The number of aromatic hydroxyl groups is 1. The Morgan fingerprint density at radius 2 is 2.19 bits per heavy atom. The Kier molecular flexibility index (Phi) is 5.26. The first-order chi connectivity index (χ1) is 9.97. The lowest BCUT2D eigenvalue weighted by Crippen LogP contribution is -2.37. The lowest BCUT2D eigenvalue weighted by atomic mass is 10.1. The summed E-state index contributed by atoms with van der Waals surface area (Å²) in [7, 11) is 1.81. The van der Waals surface area contributed by atoms with E-state index in [1.807, 2.05) is 25.4 Å². The molecule has 21 heavy (non-hydrogen) atoms. The van der Waals surface area contributed by atoms with Crippen molar-refractivity contribution in [3.63, 3.8) is 0 Å². The maximum Gasteiger partial charge on any atom is 0.227 e. The van der Waals surface area contributed by atoms with Gasteiger partial charge in [-0.15, -0.1) is 11.3 Å². The number of amides is 1. The average molecular weight is 324 g/mol. The van der Waals surface area contributed by atoms with E-state index >= 15 is 0 Å². The maximum absolute atomic E-state index is 12.3. The standard InChI is InChI=1S/C16H18ClNO2S/c1-11(8-14-4-3-7-21-14)18(2)16(20)9-12-5-6-13(19)10-15(12)17/h3-7,10-11,19H,8-9H2,1-2H3. The summed E-state index contributed by atoms with van der Waals surface area (Å²) in [4.78, 5) is 15.3. The van der Waals surface area contributed by atoms with E-state index < -0.39 is 0 Å². The minimum absolute atomic E-state index is 0.0200. The molecule has 0 radical (unpaired) electrons. The highest BCUT2D eigenvalue weighted by Gasteiger charge is 2.18. The summed E-state index contributed by atoms with van der Waals surface area (Å²) in [5.41, 5.74) is 0.731. The van der Waals surface area contributed by atoms with Gasteiger partial charge in [0, 0.05) is 29.4 Å². The van der Waals surface area contributed by atoms with Crippen molar-refractivity contribution in [1.29, 1.82) is 0 Å². The van der Waals surface area contributed by atoms with Gasteiger partial charge in [-0.1, -0.05) is 23.7 Å². The van der Waals surface area contributed by atoms with Crippen LogP contribution in [0.15, 0.2) is 35.7 Å². The molecule has 0 spiro atoms. The molecule has 0 saturated carbocycles. The normalized spacial score (nSPS) is 12.1. The molecule has 0 saturated heterocycles. The molecule has 1 amide bonds. The minimum Gasteiger partial charge on any atom is -0.508 e. The highest BCUT2D eigenvalue weighted by Crippen LogP contribution is 2.22. The number of likely N-dealkylation sites (N-methyl/N-ethyl adjacent to an activating group) is 1. The first kappa shape index (κ1) is 15.9. The Labute approximate surface area is 133 Å². The van der Waals surface area contributed by atoms with Crippen LogP contribution in [0.5, 0.6) is 5.75 Å². The van der Waals surface area contributed by atoms with E-state index in [1.165, 1.54) is 10.9 Å². The fraction of sp³-hybridized carbons (Fsp3) is 0.312. The van der Waals surface area contributed by atoms with Gasteiger partial charge < -0.3 is 10.0 Å². The summed E-state index contributed by atoms with van der Waals surface area (Å²) in [5, 5.41) is 11.8. The monoisotopic (exact) mass is 323 g/mol. The van der Waals surface area contributed by atoms with E-state index in [0.717, 1.165) is 12.0 Å². The lowest BCUT2D eigenvalue weighted by molar-refractivity contribution is -0.130. The summed E-state index contributed by atoms with van der Waals surface area (Å²) < 4.78 is 0. The zero-order valence-electron chi connectivity index (χ0n) is 12.0. The molecule has 1 aromatic heterocycles. The first-order valence-electron chi connectivity index (χ1n) is 6.73. The van der Waals surface area contributed by atoms with Gasteiger partial charge in [-0.25, -0.2) is 0 Å². The van der Waals surface area contributed by atoms with E-state index in [0.29, 0.717) is 5.02 Å². The van der Waals surface area contributed by atoms with Gasteiger partial charge in [0.2, 0.25) is 5.91 Å². The van der Waals surface area contributed by atoms with Crippen LogP contribution < -0.4 is 0 Å². The number of nitrogens with zero attached hydrogens (tertiary/aromatic N) is 1. The van der Waals surface area contributed by atoms with Crippen molar-refractivity contribution in [3.05, 3.63) is 51.2 Å². The second-order valence-electron chi connectivity index (χ2n) is 5.09. The van der Waals surface area contributed by atoms with Crippen LogP contribution in [0.2, 0.25) is 5.02 Å². The number of thiophene rings is 1. The van der Waals surface area contributed by atoms with Gasteiger partial charge >= 0.3 is 0 Å². The number of carbonyl (C=O) groups is 1. The predicted molar refractivity (Wildman–Crippen MR) is 87.1 cm³/mol. The number of phenols is 1. The summed E-state index contributed by atoms with van der Waals surface area (Å²) in [6.45, 7) is 2.04. The molecule has 2 aromatic rings. The van der Waals surface area contributed by atoms with E-state index in [4.69, 9.17) is 11.6 Å². The Bertz CT molecular complexity index is 613. The van der Waals surface area contributed by atoms with Crippen LogP contribution in [0, 0.1) is 0 Å². The van der Waals surface area contributed by atoms with Crippen LogP contribution in [0.1, 0.15) is 17.4 Å². The molecule has 0 aliphatic carbocycles. The fourth-order valence-electron chi connectivity index (χ4n) is 2.07. The van der Waals surface area contributed by atoms with Crippen molar-refractivity contribution in [3.8, 4) is 5.75 Å². The van der Waals surface area contributed by atoms with Crippen LogP contribution >= 0.6 is 22.9 Å². The van der Waals surface area contributed by atoms with E-state index in [9.17, 15) is 9.90 Å². The molecule has 0 bridgehead atoms. The van der Waals surface area contributed by atoms with Crippen molar-refractivity contribution in [1.82, 2.24) is 4.90 Å². The van der Waals surface area contributed by atoms with Crippen LogP contribution in [0.3, 0.4) is 0 Å². The Hall–Kier alpha value is -1.52. The average Bonchev–Trinajstić information content (AvgIpc) is 2.93. The van der Waals surface area contributed by atoms with Crippen molar-refractivity contribution >= 4 is 28.8 Å². The molecule has 0 aliphatic heterocycles. The van der Waals surface area contributed by atoms with Gasteiger partial charge in [0.1, 0.15) is 5.75 Å². The van der Waals surface area contributed by atoms with Gasteiger partial charge in [0.15, 0.2) is 0 Å². The predicted octanol–water partition coefficient (Wildman–Crippen LogP) is 3.74. The van der Waals surface area contributed by atoms with Gasteiger partial charge in [-0.3, -0.25) is 4.79 Å². The number of rotatable bonds is 5. The molecule has 0 fully saturated rings. The largest absolute Gasteiger partial charge is 0.508 e. The molecule has 3 nitrogen and oxygen atoms in total. The van der Waals surface area contributed by atoms with Crippen molar-refractivity contribution in [2.24, 2.45) is 0 Å². The highest BCUT2D eigenvalue weighted by molar-refractivity contribution is 7.09. The van der Waals surface area contributed by atoms with Gasteiger partial charge in [0.25, 0.3) is 0 Å². The molecule has 1 aromatic carbocycles. The summed E-state index contributed by atoms with van der Waals surface area (Å²) in [5.74, 6) is 0.127. The van der Waals surface area contributed by atoms with Gasteiger partial charge in [-0.05, 0) is 36.1 Å². The van der Waals surface area contributed by atoms with Gasteiger partial charge in [-0.2, -0.15) is 0 Å². The second kappa shape index (κ2) is 6.96. The topological polar surface area (TPSA) is 40.5 Å². The summed E-state index contributed by atoms with van der Waals surface area (Å²) in [6.07, 6.45) is 1.09. The van der Waals surface area contributed by atoms with Gasteiger partial charge in [0.05, 0.1) is 6.42 Å². The molecule has 1 atom stereocenters. The fourth-order valence-corrected chi connectivity index (χ4v) is 3.14. The van der Waals surface area contributed by atoms with E-state index in [2.05, 4.69) is 6.07 Å². The lowest BCUT2D eigenvalue weighted by Gasteiger charge is -2.25. The van der Waals surface area contributed by atoms with Crippen molar-refractivity contribution in [2.45, 2.75) is 25.8 Å². The van der Waals surface area contributed by atoms with Crippen LogP contribution in [0.25, 0.3) is 0 Å². The molecule has 1 N–H and O–H groups in total. The van der Waals surface area contributed by atoms with E-state index in [1.54, 1.807) is 28.4 Å². The molecule has 112 valence electrons. The molecule has 5 heteroatoms. The van der Waals surface area contributed by atoms with Crippen LogP contribution in [-0.2, 0) is 17.6 Å². The molecule has 1 unspecified atom stereocenters. The first-order valence-corrected chi connectivity index (χ1v) is 7.98. The summed E-state index contributed by atoms with van der Waals surface area (Å²) >= 11 is 7.75. The number of hydrogen-bond donors (Lipinski definition) is 1. The Morgan fingerprint density at radius 3 is 2.81 bits per heavy atom. The third-order valence-corrected chi connectivity index (χ3v) is 4.76. The van der Waals surface area contributed by atoms with Crippen molar-refractivity contribution < 1.29 is 9.90 Å². The SMILES string of the molecule is CC(Cc1cccs1)N(C)C(=O)Cc1ccc(O)cc1Cl. The number of benzene rings is 1. The molecular weight excluding hydrogens is 306 g/mol. The molecule has 1 heterocycles. The highest BCUT2D eigenvalue weighted by atomic mass is 35.5. The smallest absolute Gasteiger partial charge is 0.227 e. The van der Waals surface area contributed by atoms with Crippen LogP contribution in [0.4, 0.5) is 0 Å².